The number of hydrogen-bond donors (Lipinski definition) is 2. The molecular weight excluding hydrogens is 422 g/mol. The van der Waals surface area contributed by atoms with Crippen molar-refractivity contribution in [2.24, 2.45) is 11.8 Å². The van der Waals surface area contributed by atoms with E-state index in [1.807, 2.05) is 30.5 Å². The van der Waals surface area contributed by atoms with Crippen molar-refractivity contribution in [3.05, 3.63) is 47.8 Å². The van der Waals surface area contributed by atoms with Gasteiger partial charge < -0.3 is 20.1 Å². The first kappa shape index (κ1) is 20.0. The molecule has 4 heterocycles. The number of nitrogens with one attached hydrogen (secondary N) is 1. The molecule has 2 saturated heterocycles. The Morgan fingerprint density at radius 2 is 2.09 bits per heavy atom. The highest BCUT2D eigenvalue weighted by Gasteiger charge is 2.69. The molecule has 1 aromatic carbocycles. The van der Waals surface area contributed by atoms with Gasteiger partial charge in [0.05, 0.1) is 30.0 Å². The van der Waals surface area contributed by atoms with Crippen LogP contribution in [0, 0.1) is 23.2 Å². The number of ether oxygens (including phenoxy) is 1. The van der Waals surface area contributed by atoms with Gasteiger partial charge in [0.1, 0.15) is 11.5 Å². The van der Waals surface area contributed by atoms with Gasteiger partial charge in [0, 0.05) is 43.7 Å². The average molecular weight is 445 g/mol. The van der Waals surface area contributed by atoms with Crippen molar-refractivity contribution in [1.29, 1.82) is 5.26 Å². The van der Waals surface area contributed by atoms with Crippen molar-refractivity contribution in [1.82, 2.24) is 15.2 Å². The van der Waals surface area contributed by atoms with Gasteiger partial charge in [-0.05, 0) is 35.7 Å². The van der Waals surface area contributed by atoms with E-state index in [-0.39, 0.29) is 12.6 Å². The Hall–Kier alpha value is -3.64. The lowest BCUT2D eigenvalue weighted by atomic mass is 9.95. The van der Waals surface area contributed by atoms with Crippen LogP contribution in [-0.4, -0.2) is 66.0 Å². The minimum Gasteiger partial charge on any atom is -0.465 e. The summed E-state index contributed by atoms with van der Waals surface area (Å²) >= 11 is 0. The van der Waals surface area contributed by atoms with Gasteiger partial charge in [0.25, 0.3) is 0 Å². The van der Waals surface area contributed by atoms with Gasteiger partial charge >= 0.3 is 12.2 Å². The predicted molar refractivity (Wildman–Crippen MR) is 118 cm³/mol. The molecule has 3 aliphatic heterocycles. The summed E-state index contributed by atoms with van der Waals surface area (Å²) in [5.74, 6) is 0.698. The Kier molecular flexibility index (Phi) is 4.20. The number of carboxylic acid groups (broad SMARTS) is 1. The fourth-order valence-electron chi connectivity index (χ4n) is 5.91. The van der Waals surface area contributed by atoms with Gasteiger partial charge in [-0.3, -0.25) is 9.88 Å². The van der Waals surface area contributed by atoms with Crippen molar-refractivity contribution in [2.75, 3.05) is 31.6 Å². The van der Waals surface area contributed by atoms with Crippen molar-refractivity contribution in [2.45, 2.75) is 24.0 Å². The van der Waals surface area contributed by atoms with Gasteiger partial charge in [-0.15, -0.1) is 0 Å². The number of nitrogens with zero attached hydrogens (tertiary/aromatic N) is 4. The number of pyridine rings is 1. The Balaban J connectivity index is 1.24. The Bertz CT molecular complexity index is 1200. The number of hydrogen-bond acceptors (Lipinski definition) is 6. The molecule has 0 spiro atoms. The van der Waals surface area contributed by atoms with E-state index in [9.17, 15) is 14.9 Å². The lowest BCUT2D eigenvalue weighted by Gasteiger charge is -2.21. The van der Waals surface area contributed by atoms with Gasteiger partial charge in [0.2, 0.25) is 0 Å². The largest absolute Gasteiger partial charge is 0.465 e. The van der Waals surface area contributed by atoms with Crippen LogP contribution in [-0.2, 0) is 16.6 Å². The number of rotatable bonds is 4. The third kappa shape index (κ3) is 2.77. The van der Waals surface area contributed by atoms with Crippen LogP contribution in [0.2, 0.25) is 0 Å². The van der Waals surface area contributed by atoms with Gasteiger partial charge in [-0.1, -0.05) is 12.1 Å². The summed E-state index contributed by atoms with van der Waals surface area (Å²) in [5.41, 5.74) is 4.17. The molecule has 2 amide bonds. The zero-order valence-electron chi connectivity index (χ0n) is 18.1. The van der Waals surface area contributed by atoms with E-state index < -0.39 is 23.7 Å². The standard InChI is InChI=1S/C24H23N5O4/c1-28(22(30)31)11-20-19-7-15-6-13(2-4-18(15)29(19)23(32)33-20)14-3-5-21(27-8-14)24(12-25)16-9-26-10-17(16)24/h2-6,8,16-17,19-20,26H,7,9-11H2,1H3,(H,30,31)/t16-,17+,19-,20-,24?/m0/s1. The SMILES string of the molecule is CN(C[C@@H]1OC(=O)N2c3ccc(-c4ccc(C5(C#N)[C@@H]6CNC[C@@H]65)nc4)cc3C[C@@H]12)C(=O)O. The highest BCUT2D eigenvalue weighted by atomic mass is 16.6. The average Bonchev–Trinajstić information content (AvgIpc) is 3.21. The third-order valence-corrected chi connectivity index (χ3v) is 7.74. The molecule has 0 radical (unpaired) electrons. The van der Waals surface area contributed by atoms with Crippen LogP contribution < -0.4 is 10.2 Å². The summed E-state index contributed by atoms with van der Waals surface area (Å²) < 4.78 is 5.45. The fraction of sp³-hybridized carbons (Fsp3) is 0.417. The first-order chi connectivity index (χ1) is 15.9. The molecule has 2 N–H and O–H groups in total. The Morgan fingerprint density at radius 3 is 2.76 bits per heavy atom. The van der Waals surface area contributed by atoms with E-state index >= 15 is 0 Å². The van der Waals surface area contributed by atoms with Crippen molar-refractivity contribution in [3.63, 3.8) is 0 Å². The topological polar surface area (TPSA) is 119 Å². The predicted octanol–water partition coefficient (Wildman–Crippen LogP) is 2.22. The zero-order valence-corrected chi connectivity index (χ0v) is 18.1. The summed E-state index contributed by atoms with van der Waals surface area (Å²) in [6, 6.07) is 12.2. The number of benzene rings is 1. The van der Waals surface area contributed by atoms with Crippen molar-refractivity contribution >= 4 is 17.9 Å². The second-order valence-electron chi connectivity index (χ2n) is 9.35. The van der Waals surface area contributed by atoms with Crippen LogP contribution in [0.15, 0.2) is 36.5 Å². The molecule has 0 bridgehead atoms. The van der Waals surface area contributed by atoms with E-state index in [1.165, 1.54) is 7.05 Å². The maximum absolute atomic E-state index is 12.5. The number of cyclic esters (lactones) is 1. The van der Waals surface area contributed by atoms with Crippen LogP contribution in [0.3, 0.4) is 0 Å². The van der Waals surface area contributed by atoms with Crippen molar-refractivity contribution < 1.29 is 19.4 Å². The number of amides is 2. The van der Waals surface area contributed by atoms with E-state index in [4.69, 9.17) is 9.84 Å². The maximum Gasteiger partial charge on any atom is 0.415 e. The molecule has 1 aliphatic carbocycles. The second-order valence-corrected chi connectivity index (χ2v) is 9.35. The highest BCUT2D eigenvalue weighted by Crippen LogP contribution is 2.60. The van der Waals surface area contributed by atoms with Crippen LogP contribution in [0.1, 0.15) is 11.3 Å². The number of piperidine rings is 1. The van der Waals surface area contributed by atoms with E-state index in [0.29, 0.717) is 18.3 Å². The van der Waals surface area contributed by atoms with Crippen LogP contribution in [0.25, 0.3) is 11.1 Å². The van der Waals surface area contributed by atoms with Gasteiger partial charge in [-0.2, -0.15) is 5.26 Å². The van der Waals surface area contributed by atoms with Crippen LogP contribution in [0.5, 0.6) is 0 Å². The first-order valence-corrected chi connectivity index (χ1v) is 11.1. The smallest absolute Gasteiger partial charge is 0.415 e. The fourth-order valence-corrected chi connectivity index (χ4v) is 5.91. The molecule has 3 fully saturated rings. The molecule has 4 aliphatic rings. The highest BCUT2D eigenvalue weighted by molar-refractivity contribution is 5.94. The number of carbonyl (C=O) groups is 2. The molecule has 1 unspecified atom stereocenters. The lowest BCUT2D eigenvalue weighted by molar-refractivity contribution is 0.0961. The Labute approximate surface area is 190 Å². The van der Waals surface area contributed by atoms with Gasteiger partial charge in [0.15, 0.2) is 0 Å². The molecule has 5 atom stereocenters. The number of anilines is 1. The molecule has 33 heavy (non-hydrogen) atoms. The number of likely N-dealkylation sites (N-methyl/N-ethyl adjacent to an activating group) is 1. The minimum atomic E-state index is -1.05. The molecule has 9 heteroatoms. The Morgan fingerprint density at radius 1 is 1.33 bits per heavy atom. The third-order valence-electron chi connectivity index (χ3n) is 7.74. The van der Waals surface area contributed by atoms with E-state index in [0.717, 1.165) is 46.1 Å². The molecule has 1 aromatic heterocycles. The zero-order chi connectivity index (χ0) is 22.9. The number of fused-ring (bicyclic) bond motifs is 4. The molecular formula is C24H23N5O4. The molecule has 2 aromatic rings. The molecule has 9 nitrogen and oxygen atoms in total. The molecule has 168 valence electrons. The summed E-state index contributed by atoms with van der Waals surface area (Å²) in [7, 11) is 1.47. The van der Waals surface area contributed by atoms with Crippen LogP contribution in [0.4, 0.5) is 15.3 Å². The number of nitriles is 1. The van der Waals surface area contributed by atoms with E-state index in [2.05, 4.69) is 22.4 Å². The number of aromatic nitrogens is 1. The van der Waals surface area contributed by atoms with Crippen LogP contribution >= 0.6 is 0 Å². The number of carbonyl (C=O) groups excluding carboxylic acids is 1. The molecule has 6 rings (SSSR count). The summed E-state index contributed by atoms with van der Waals surface area (Å²) in [5, 5.41) is 22.3. The lowest BCUT2D eigenvalue weighted by Crippen LogP contribution is -2.41. The van der Waals surface area contributed by atoms with E-state index in [1.54, 1.807) is 4.90 Å². The van der Waals surface area contributed by atoms with Gasteiger partial charge in [-0.25, -0.2) is 9.59 Å². The molecule has 1 saturated carbocycles. The first-order valence-electron chi connectivity index (χ1n) is 11.1. The minimum absolute atomic E-state index is 0.132. The quantitative estimate of drug-likeness (QED) is 0.741. The summed E-state index contributed by atoms with van der Waals surface area (Å²) in [6.07, 6.45) is 0.430. The second kappa shape index (κ2) is 6.93. The normalized spacial score (nSPS) is 30.8. The van der Waals surface area contributed by atoms with Crippen molar-refractivity contribution in [3.8, 4) is 17.2 Å². The maximum atomic E-state index is 12.5. The summed E-state index contributed by atoms with van der Waals surface area (Å²) in [4.78, 5) is 31.1. The monoisotopic (exact) mass is 445 g/mol. The summed E-state index contributed by atoms with van der Waals surface area (Å²) in [6.45, 7) is 1.87.